The number of anilines is 2. The molecule has 0 aromatic heterocycles. The van der Waals surface area contributed by atoms with Gasteiger partial charge in [0.15, 0.2) is 11.6 Å². The van der Waals surface area contributed by atoms with E-state index in [1.54, 1.807) is 0 Å². The average Bonchev–Trinajstić information content (AvgIpc) is 2.28. The van der Waals surface area contributed by atoms with Crippen molar-refractivity contribution in [1.82, 2.24) is 0 Å². The first-order valence-electron chi connectivity index (χ1n) is 6.54. The van der Waals surface area contributed by atoms with Crippen LogP contribution in [0.1, 0.15) is 27.2 Å². The maximum atomic E-state index is 13.4. The van der Waals surface area contributed by atoms with Gasteiger partial charge in [-0.25, -0.2) is 4.39 Å². The third kappa shape index (κ3) is 6.12. The zero-order chi connectivity index (χ0) is 16.2. The number of aliphatic hydroxyl groups excluding tert-OH is 1. The quantitative estimate of drug-likeness (QED) is 0.706. The summed E-state index contributed by atoms with van der Waals surface area (Å²) in [4.78, 5) is 0. The third-order valence-electron chi connectivity index (χ3n) is 2.70. The van der Waals surface area contributed by atoms with Gasteiger partial charge in [0.05, 0.1) is 17.5 Å². The second kappa shape index (κ2) is 6.89. The molecule has 0 radical (unpaired) electrons. The third-order valence-corrected chi connectivity index (χ3v) is 2.70. The van der Waals surface area contributed by atoms with E-state index in [0.717, 1.165) is 12.1 Å². The normalized spacial score (nSPS) is 13.3. The number of nitrogens with one attached hydrogen (secondary N) is 1. The Morgan fingerprint density at radius 1 is 1.33 bits per heavy atom. The maximum absolute atomic E-state index is 13.4. The number of rotatable bonds is 6. The van der Waals surface area contributed by atoms with Crippen molar-refractivity contribution < 1.29 is 23.0 Å². The second-order valence-electron chi connectivity index (χ2n) is 6.05. The highest BCUT2D eigenvalue weighted by atomic mass is 19.3. The molecule has 0 amide bonds. The summed E-state index contributed by atoms with van der Waals surface area (Å²) in [5, 5.41) is 12.7. The minimum atomic E-state index is -3.12. The van der Waals surface area contributed by atoms with Crippen molar-refractivity contribution in [1.29, 1.82) is 0 Å². The number of nitrogens with two attached hydrogens (primary N) is 1. The Morgan fingerprint density at radius 2 is 1.95 bits per heavy atom. The van der Waals surface area contributed by atoms with Crippen LogP contribution in [0.4, 0.5) is 24.5 Å². The number of nitrogen functional groups attached to an aromatic ring is 1. The van der Waals surface area contributed by atoms with Crippen molar-refractivity contribution in [2.75, 3.05) is 17.6 Å². The molecule has 4 N–H and O–H groups in total. The zero-order valence-electron chi connectivity index (χ0n) is 12.3. The molecule has 1 rings (SSSR count). The highest BCUT2D eigenvalue weighted by Crippen LogP contribution is 2.29. The van der Waals surface area contributed by atoms with E-state index in [9.17, 15) is 18.3 Å². The molecule has 0 aliphatic heterocycles. The van der Waals surface area contributed by atoms with Crippen LogP contribution in [0.25, 0.3) is 0 Å². The van der Waals surface area contributed by atoms with Gasteiger partial charge in [-0.1, -0.05) is 20.8 Å². The monoisotopic (exact) mass is 306 g/mol. The van der Waals surface area contributed by atoms with Gasteiger partial charge >= 0.3 is 6.61 Å². The lowest BCUT2D eigenvalue weighted by atomic mass is 9.89. The first-order chi connectivity index (χ1) is 9.58. The van der Waals surface area contributed by atoms with Gasteiger partial charge in [0.2, 0.25) is 0 Å². The smallest absolute Gasteiger partial charge is 0.387 e. The van der Waals surface area contributed by atoms with E-state index in [-0.39, 0.29) is 23.3 Å². The molecule has 7 heteroatoms. The van der Waals surface area contributed by atoms with E-state index in [4.69, 9.17) is 5.73 Å². The minimum Gasteiger partial charge on any atom is -0.432 e. The average molecular weight is 306 g/mol. The summed E-state index contributed by atoms with van der Waals surface area (Å²) in [5.74, 6) is -1.55. The van der Waals surface area contributed by atoms with Crippen LogP contribution < -0.4 is 15.8 Å². The fraction of sp³-hybridized carbons (Fsp3) is 0.571. The molecule has 0 aliphatic carbocycles. The van der Waals surface area contributed by atoms with E-state index in [1.165, 1.54) is 0 Å². The molecule has 0 saturated carbocycles. The fourth-order valence-corrected chi connectivity index (χ4v) is 1.91. The molecule has 1 aromatic carbocycles. The Hall–Kier alpha value is -1.63. The summed E-state index contributed by atoms with van der Waals surface area (Å²) in [7, 11) is 0. The van der Waals surface area contributed by atoms with Gasteiger partial charge in [0.1, 0.15) is 0 Å². The Morgan fingerprint density at radius 3 is 2.48 bits per heavy atom. The van der Waals surface area contributed by atoms with E-state index >= 15 is 0 Å². The number of hydrogen-bond donors (Lipinski definition) is 3. The van der Waals surface area contributed by atoms with Crippen molar-refractivity contribution in [3.05, 3.63) is 17.9 Å². The van der Waals surface area contributed by atoms with E-state index in [1.807, 2.05) is 20.8 Å². The van der Waals surface area contributed by atoms with Gasteiger partial charge in [0.25, 0.3) is 0 Å². The molecule has 1 unspecified atom stereocenters. The van der Waals surface area contributed by atoms with Crippen molar-refractivity contribution >= 4 is 11.4 Å². The SMILES string of the molecule is CC(C)(C)CC(O)CNc1cc(OC(F)F)c(F)cc1N. The largest absolute Gasteiger partial charge is 0.432 e. The molecule has 0 heterocycles. The first-order valence-corrected chi connectivity index (χ1v) is 6.54. The van der Waals surface area contributed by atoms with Crippen LogP contribution in [0.15, 0.2) is 12.1 Å². The van der Waals surface area contributed by atoms with Crippen molar-refractivity contribution in [3.63, 3.8) is 0 Å². The molecule has 4 nitrogen and oxygen atoms in total. The van der Waals surface area contributed by atoms with Gasteiger partial charge in [-0.2, -0.15) is 8.78 Å². The lowest BCUT2D eigenvalue weighted by Crippen LogP contribution is -2.25. The van der Waals surface area contributed by atoms with Crippen molar-refractivity contribution in [2.45, 2.75) is 39.9 Å². The van der Waals surface area contributed by atoms with Crippen LogP contribution in [0.5, 0.6) is 5.75 Å². The van der Waals surface area contributed by atoms with Gasteiger partial charge < -0.3 is 20.9 Å². The summed E-state index contributed by atoms with van der Waals surface area (Å²) in [6.45, 7) is 2.99. The van der Waals surface area contributed by atoms with Crippen LogP contribution in [0.2, 0.25) is 0 Å². The molecule has 0 fully saturated rings. The lowest BCUT2D eigenvalue weighted by molar-refractivity contribution is -0.0521. The minimum absolute atomic E-state index is 0.0528. The molecule has 21 heavy (non-hydrogen) atoms. The number of ether oxygens (including phenoxy) is 1. The van der Waals surface area contributed by atoms with Crippen molar-refractivity contribution in [3.8, 4) is 5.75 Å². The van der Waals surface area contributed by atoms with Crippen LogP contribution in [0.3, 0.4) is 0 Å². The summed E-state index contributed by atoms with van der Waals surface area (Å²) < 4.78 is 41.8. The van der Waals surface area contributed by atoms with E-state index < -0.39 is 24.3 Å². The van der Waals surface area contributed by atoms with E-state index in [0.29, 0.717) is 6.42 Å². The molecule has 120 valence electrons. The Labute approximate surface area is 122 Å². The molecule has 1 atom stereocenters. The number of hydrogen-bond acceptors (Lipinski definition) is 4. The Balaban J connectivity index is 2.74. The molecule has 0 saturated heterocycles. The topological polar surface area (TPSA) is 67.5 Å². The second-order valence-corrected chi connectivity index (χ2v) is 6.05. The van der Waals surface area contributed by atoms with Crippen LogP contribution in [-0.4, -0.2) is 24.4 Å². The molecule has 0 bridgehead atoms. The molecule has 0 aliphatic rings. The van der Waals surface area contributed by atoms with Crippen LogP contribution in [-0.2, 0) is 0 Å². The van der Waals surface area contributed by atoms with Crippen LogP contribution in [0, 0.1) is 11.2 Å². The summed E-state index contributed by atoms with van der Waals surface area (Å²) in [5.41, 5.74) is 5.84. The van der Waals surface area contributed by atoms with E-state index in [2.05, 4.69) is 10.1 Å². The summed E-state index contributed by atoms with van der Waals surface area (Å²) in [6, 6.07) is 1.96. The van der Waals surface area contributed by atoms with Crippen LogP contribution >= 0.6 is 0 Å². The zero-order valence-corrected chi connectivity index (χ0v) is 12.3. The molecule has 1 aromatic rings. The lowest BCUT2D eigenvalue weighted by Gasteiger charge is -2.23. The Kier molecular flexibility index (Phi) is 5.71. The molecular formula is C14H21F3N2O2. The van der Waals surface area contributed by atoms with Gasteiger partial charge in [0, 0.05) is 18.7 Å². The first kappa shape index (κ1) is 17.4. The summed E-state index contributed by atoms with van der Waals surface area (Å²) >= 11 is 0. The van der Waals surface area contributed by atoms with Crippen molar-refractivity contribution in [2.24, 2.45) is 5.41 Å². The summed E-state index contributed by atoms with van der Waals surface area (Å²) in [6.07, 6.45) is -0.101. The molecular weight excluding hydrogens is 285 g/mol. The predicted octanol–water partition coefficient (Wildman–Crippen LogP) is 3.22. The highest BCUT2D eigenvalue weighted by Gasteiger charge is 2.18. The maximum Gasteiger partial charge on any atom is 0.387 e. The number of halogens is 3. The number of alkyl halides is 2. The molecule has 0 spiro atoms. The van der Waals surface area contributed by atoms with Gasteiger partial charge in [-0.05, 0) is 11.8 Å². The predicted molar refractivity (Wildman–Crippen MR) is 76.0 cm³/mol. The van der Waals surface area contributed by atoms with Gasteiger partial charge in [-0.3, -0.25) is 0 Å². The number of benzene rings is 1. The highest BCUT2D eigenvalue weighted by molar-refractivity contribution is 5.68. The number of aliphatic hydroxyl groups is 1. The fourth-order valence-electron chi connectivity index (χ4n) is 1.91. The van der Waals surface area contributed by atoms with Gasteiger partial charge in [-0.15, -0.1) is 0 Å². The Bertz CT molecular complexity index is 476. The standard InChI is InChI=1S/C14H21F3N2O2/c1-14(2,3)6-8(20)7-19-11-5-12(21-13(16)17)9(15)4-10(11)18/h4-5,8,13,19-20H,6-7,18H2,1-3H3.